The predicted molar refractivity (Wildman–Crippen MR) is 115 cm³/mol. The molecular weight excluding hydrogens is 416 g/mol. The van der Waals surface area contributed by atoms with Crippen LogP contribution in [0.3, 0.4) is 0 Å². The fraction of sp³-hybridized carbons (Fsp3) is 0.227. The molecule has 0 aliphatic carbocycles. The van der Waals surface area contributed by atoms with Gasteiger partial charge in [0.1, 0.15) is 11.5 Å². The molecule has 1 saturated heterocycles. The molecule has 3 aromatic rings. The molecule has 32 heavy (non-hydrogen) atoms. The van der Waals surface area contributed by atoms with E-state index in [1.807, 2.05) is 0 Å². The van der Waals surface area contributed by atoms with Gasteiger partial charge in [0.25, 0.3) is 5.91 Å². The average Bonchev–Trinajstić information content (AvgIpc) is 3.23. The van der Waals surface area contributed by atoms with Gasteiger partial charge in [0.05, 0.1) is 13.7 Å². The lowest BCUT2D eigenvalue weighted by Crippen LogP contribution is -2.47. The second-order valence-corrected chi connectivity index (χ2v) is 7.63. The second-order valence-electron chi connectivity index (χ2n) is 7.63. The quantitative estimate of drug-likeness (QED) is 0.525. The summed E-state index contributed by atoms with van der Waals surface area (Å²) in [6.45, 7) is -0.0652. The highest BCUT2D eigenvalue weighted by atomic mass is 16.6. The van der Waals surface area contributed by atoms with Crippen molar-refractivity contribution in [3.8, 4) is 17.4 Å². The number of benzene rings is 2. The highest BCUT2D eigenvalue weighted by molar-refractivity contribution is 6.07. The molecule has 1 fully saturated rings. The Hall–Kier alpha value is -4.21. The normalized spacial score (nSPS) is 17.7. The van der Waals surface area contributed by atoms with Crippen LogP contribution in [0.4, 0.5) is 9.59 Å². The summed E-state index contributed by atoms with van der Waals surface area (Å²) >= 11 is 0. The Balaban J connectivity index is 1.72. The van der Waals surface area contributed by atoms with E-state index in [4.69, 9.17) is 9.47 Å². The largest absolute Gasteiger partial charge is 0.497 e. The Labute approximate surface area is 183 Å². The maximum Gasteiger partial charge on any atom is 0.414 e. The molecule has 1 aliphatic heterocycles. The molecule has 10 nitrogen and oxygen atoms in total. The van der Waals surface area contributed by atoms with Crippen LogP contribution in [-0.4, -0.2) is 53.8 Å². The summed E-state index contributed by atoms with van der Waals surface area (Å²) in [6.07, 6.45) is 1.15. The minimum atomic E-state index is -1.47. The standard InChI is InChI=1S/C22H22N4O6/c1-25(2)21(30)32-15-8-5-14(6-9-15)22(19(28)23-20(29)24-22)12-26-11-13-4-7-16(31-3)10-17(13)18(26)27/h4-11,27H,12H2,1-3H3,(H2,23,24,28,29)/t22-/m0/s1. The smallest absolute Gasteiger partial charge is 0.414 e. The molecule has 166 valence electrons. The molecule has 4 amide bonds. The maximum absolute atomic E-state index is 12.9. The van der Waals surface area contributed by atoms with Crippen molar-refractivity contribution in [2.45, 2.75) is 12.1 Å². The predicted octanol–water partition coefficient (Wildman–Crippen LogP) is 2.15. The summed E-state index contributed by atoms with van der Waals surface area (Å²) in [5.74, 6) is 0.239. The molecule has 1 aliphatic rings. The summed E-state index contributed by atoms with van der Waals surface area (Å²) in [6, 6.07) is 10.9. The summed E-state index contributed by atoms with van der Waals surface area (Å²) in [5.41, 5.74) is -1.02. The van der Waals surface area contributed by atoms with E-state index in [-0.39, 0.29) is 18.2 Å². The number of nitrogens with one attached hydrogen (secondary N) is 2. The minimum absolute atomic E-state index is 0.0652. The number of carbonyl (C=O) groups excluding carboxylic acids is 3. The Morgan fingerprint density at radius 1 is 1.12 bits per heavy atom. The first kappa shape index (κ1) is 21.0. The average molecular weight is 438 g/mol. The van der Waals surface area contributed by atoms with Gasteiger partial charge in [0, 0.05) is 31.1 Å². The number of hydrogen-bond donors (Lipinski definition) is 3. The number of aromatic nitrogens is 1. The van der Waals surface area contributed by atoms with E-state index >= 15 is 0 Å². The van der Waals surface area contributed by atoms with Crippen LogP contribution in [0.25, 0.3) is 10.8 Å². The monoisotopic (exact) mass is 438 g/mol. The number of rotatable bonds is 5. The number of nitrogens with zero attached hydrogens (tertiary/aromatic N) is 2. The van der Waals surface area contributed by atoms with Crippen LogP contribution in [0.5, 0.6) is 17.4 Å². The number of aromatic hydroxyl groups is 1. The molecule has 0 bridgehead atoms. The molecule has 10 heteroatoms. The van der Waals surface area contributed by atoms with Crippen molar-refractivity contribution in [1.82, 2.24) is 20.1 Å². The maximum atomic E-state index is 12.9. The third-order valence-corrected chi connectivity index (χ3v) is 5.33. The Morgan fingerprint density at radius 2 is 1.81 bits per heavy atom. The van der Waals surface area contributed by atoms with E-state index in [1.165, 1.54) is 28.7 Å². The molecule has 0 spiro atoms. The Morgan fingerprint density at radius 3 is 2.41 bits per heavy atom. The molecule has 0 unspecified atom stereocenters. The molecule has 0 saturated carbocycles. The van der Waals surface area contributed by atoms with Gasteiger partial charge in [-0.1, -0.05) is 12.1 Å². The van der Waals surface area contributed by atoms with Crippen molar-refractivity contribution in [1.29, 1.82) is 0 Å². The summed E-state index contributed by atoms with van der Waals surface area (Å²) in [7, 11) is 4.66. The molecule has 0 radical (unpaired) electrons. The topological polar surface area (TPSA) is 122 Å². The van der Waals surface area contributed by atoms with E-state index in [1.54, 1.807) is 50.6 Å². The van der Waals surface area contributed by atoms with E-state index in [2.05, 4.69) is 10.6 Å². The van der Waals surface area contributed by atoms with Gasteiger partial charge < -0.3 is 29.4 Å². The lowest BCUT2D eigenvalue weighted by Gasteiger charge is -2.27. The highest BCUT2D eigenvalue weighted by Crippen LogP contribution is 2.35. The summed E-state index contributed by atoms with van der Waals surface area (Å²) in [5, 5.41) is 17.0. The van der Waals surface area contributed by atoms with Crippen molar-refractivity contribution in [2.75, 3.05) is 21.2 Å². The SMILES string of the molecule is COc1ccc2cn(C[C@@]3(c4ccc(OC(=O)N(C)C)cc4)NC(=O)NC3=O)c(O)c2c1. The summed E-state index contributed by atoms with van der Waals surface area (Å²) < 4.78 is 11.9. The molecule has 1 aromatic heterocycles. The zero-order chi connectivity index (χ0) is 23.0. The number of urea groups is 1. The lowest BCUT2D eigenvalue weighted by molar-refractivity contribution is -0.124. The third kappa shape index (κ3) is 3.55. The molecular formula is C22H22N4O6. The first-order chi connectivity index (χ1) is 15.2. The van der Waals surface area contributed by atoms with Crippen LogP contribution in [0.1, 0.15) is 5.56 Å². The van der Waals surface area contributed by atoms with Gasteiger partial charge in [-0.2, -0.15) is 0 Å². The zero-order valence-electron chi connectivity index (χ0n) is 17.7. The Bertz CT molecular complexity index is 1220. The third-order valence-electron chi connectivity index (χ3n) is 5.33. The van der Waals surface area contributed by atoms with E-state index in [9.17, 15) is 19.5 Å². The van der Waals surface area contributed by atoms with Crippen LogP contribution in [0.15, 0.2) is 48.7 Å². The zero-order valence-corrected chi connectivity index (χ0v) is 17.7. The molecule has 4 rings (SSSR count). The molecule has 2 heterocycles. The van der Waals surface area contributed by atoms with Gasteiger partial charge >= 0.3 is 12.1 Å². The fourth-order valence-electron chi connectivity index (χ4n) is 3.63. The lowest BCUT2D eigenvalue weighted by atomic mass is 9.89. The molecule has 2 aromatic carbocycles. The number of methoxy groups -OCH3 is 1. The number of hydrogen-bond acceptors (Lipinski definition) is 6. The van der Waals surface area contributed by atoms with Gasteiger partial charge in [0.15, 0.2) is 11.4 Å². The van der Waals surface area contributed by atoms with E-state index < -0.39 is 23.6 Å². The number of carbonyl (C=O) groups is 3. The summed E-state index contributed by atoms with van der Waals surface area (Å²) in [4.78, 5) is 38.0. The number of fused-ring (bicyclic) bond motifs is 1. The highest BCUT2D eigenvalue weighted by Gasteiger charge is 2.48. The van der Waals surface area contributed by atoms with Crippen molar-refractivity contribution in [3.63, 3.8) is 0 Å². The van der Waals surface area contributed by atoms with Gasteiger partial charge in [-0.25, -0.2) is 9.59 Å². The van der Waals surface area contributed by atoms with Crippen LogP contribution in [0, 0.1) is 0 Å². The van der Waals surface area contributed by atoms with E-state index in [0.717, 1.165) is 5.39 Å². The van der Waals surface area contributed by atoms with Crippen LogP contribution in [0.2, 0.25) is 0 Å². The Kier molecular flexibility index (Phi) is 5.13. The van der Waals surface area contributed by atoms with Crippen LogP contribution >= 0.6 is 0 Å². The van der Waals surface area contributed by atoms with Crippen molar-refractivity contribution in [2.24, 2.45) is 0 Å². The van der Waals surface area contributed by atoms with Gasteiger partial charge in [-0.15, -0.1) is 0 Å². The van der Waals surface area contributed by atoms with Gasteiger partial charge in [-0.3, -0.25) is 10.1 Å². The minimum Gasteiger partial charge on any atom is -0.497 e. The fourth-order valence-corrected chi connectivity index (χ4v) is 3.63. The van der Waals surface area contributed by atoms with E-state index in [0.29, 0.717) is 16.7 Å². The number of ether oxygens (including phenoxy) is 2. The van der Waals surface area contributed by atoms with Gasteiger partial charge in [0.2, 0.25) is 0 Å². The first-order valence-corrected chi connectivity index (χ1v) is 9.72. The number of amides is 4. The molecule has 3 N–H and O–H groups in total. The van der Waals surface area contributed by atoms with Crippen LogP contribution in [-0.2, 0) is 16.9 Å². The van der Waals surface area contributed by atoms with Crippen molar-refractivity contribution >= 4 is 28.8 Å². The van der Waals surface area contributed by atoms with Crippen molar-refractivity contribution in [3.05, 3.63) is 54.2 Å². The van der Waals surface area contributed by atoms with Crippen molar-refractivity contribution < 1.29 is 29.0 Å². The van der Waals surface area contributed by atoms with Gasteiger partial charge in [-0.05, 0) is 35.9 Å². The van der Waals surface area contributed by atoms with Crippen LogP contribution < -0.4 is 20.1 Å². The first-order valence-electron chi connectivity index (χ1n) is 9.72. The molecule has 1 atom stereocenters. The second kappa shape index (κ2) is 7.80. The number of imide groups is 1.